The summed E-state index contributed by atoms with van der Waals surface area (Å²) in [7, 11) is 0. The van der Waals surface area contributed by atoms with Crippen LogP contribution in [0.3, 0.4) is 0 Å². The second kappa shape index (κ2) is 10.3. The zero-order chi connectivity index (χ0) is 28.4. The molecule has 0 N–H and O–H groups in total. The second-order valence-corrected chi connectivity index (χ2v) is 8.13. The highest BCUT2D eigenvalue weighted by molar-refractivity contribution is 5.88. The highest BCUT2D eigenvalue weighted by Gasteiger charge is 2.29. The Morgan fingerprint density at radius 1 is 0.725 bits per heavy atom. The lowest BCUT2D eigenvalue weighted by atomic mass is 10.1. The van der Waals surface area contributed by atoms with E-state index in [0.717, 1.165) is 0 Å². The maximum atomic E-state index is 15.9. The Balaban J connectivity index is 1.84. The standard InChI is InChI=1S/C30H12F3N5O2/c1-37-18(16-36)26-28(32)27(31)25(17(14-34)15-35)29(33)30(26)40-24-13-7-4-10-21(24)38-19-8-2-5-11-22(19)39-23-12-6-3-9-20(23)38/h2-13H/b26-18+. The van der Waals surface area contributed by atoms with Gasteiger partial charge in [0.05, 0.1) is 40.1 Å². The summed E-state index contributed by atoms with van der Waals surface area (Å²) in [6, 6.07) is 24.5. The molecule has 0 amide bonds. The van der Waals surface area contributed by atoms with Crippen LogP contribution < -0.4 is 24.8 Å². The molecule has 7 nitrogen and oxygen atoms in total. The van der Waals surface area contributed by atoms with Crippen LogP contribution in [0, 0.1) is 58.0 Å². The van der Waals surface area contributed by atoms with E-state index in [4.69, 9.17) is 16.0 Å². The summed E-state index contributed by atoms with van der Waals surface area (Å²) < 4.78 is 58.0. The van der Waals surface area contributed by atoms with Crippen molar-refractivity contribution in [3.05, 3.63) is 112 Å². The van der Waals surface area contributed by atoms with E-state index in [1.54, 1.807) is 71.6 Å². The third-order valence-electron chi connectivity index (χ3n) is 5.96. The number of fused-ring (bicyclic) bond motifs is 2. The molecule has 190 valence electrons. The Hall–Kier alpha value is -6.23. The van der Waals surface area contributed by atoms with Crippen LogP contribution >= 0.6 is 0 Å². The molecule has 0 saturated carbocycles. The van der Waals surface area contributed by atoms with Crippen molar-refractivity contribution in [1.29, 1.82) is 15.8 Å². The first-order valence-corrected chi connectivity index (χ1v) is 11.4. The minimum atomic E-state index is -1.90. The normalized spacial score (nSPS) is 11.8. The lowest BCUT2D eigenvalue weighted by Crippen LogP contribution is -2.29. The van der Waals surface area contributed by atoms with Crippen molar-refractivity contribution in [3.8, 4) is 41.2 Å². The third kappa shape index (κ3) is 4.00. The SMILES string of the molecule is [C-]#[N+]/C(C#N)=c1\c(F)c(F)c(=C(C#N)C#N)c(F)c1Oc1ccccc1N1c2ccccc2Oc2ccccc21. The zero-order valence-electron chi connectivity index (χ0n) is 20.1. The number of halogens is 3. The molecular weight excluding hydrogens is 519 g/mol. The van der Waals surface area contributed by atoms with E-state index in [1.165, 1.54) is 24.3 Å². The molecule has 0 bridgehead atoms. The average Bonchev–Trinajstić information content (AvgIpc) is 2.99. The van der Waals surface area contributed by atoms with Crippen LogP contribution in [-0.2, 0) is 0 Å². The summed E-state index contributed by atoms with van der Waals surface area (Å²) >= 11 is 0. The molecule has 40 heavy (non-hydrogen) atoms. The first kappa shape index (κ1) is 25.4. The van der Waals surface area contributed by atoms with Crippen LogP contribution in [0.2, 0.25) is 0 Å². The summed E-state index contributed by atoms with van der Waals surface area (Å²) in [5, 5.41) is 25.6. The van der Waals surface area contributed by atoms with Gasteiger partial charge >= 0.3 is 0 Å². The molecule has 0 fully saturated rings. The molecule has 0 saturated heterocycles. The Kier molecular flexibility index (Phi) is 6.52. The lowest BCUT2D eigenvalue weighted by Gasteiger charge is -2.33. The van der Waals surface area contributed by atoms with Crippen molar-refractivity contribution in [2.24, 2.45) is 0 Å². The van der Waals surface area contributed by atoms with Gasteiger partial charge in [-0.15, -0.1) is 0 Å². The maximum Gasteiger partial charge on any atom is 0.275 e. The van der Waals surface area contributed by atoms with Crippen molar-refractivity contribution in [3.63, 3.8) is 0 Å². The van der Waals surface area contributed by atoms with E-state index >= 15 is 8.78 Å². The Morgan fingerprint density at radius 3 is 1.80 bits per heavy atom. The monoisotopic (exact) mass is 531 g/mol. The number of nitriles is 3. The van der Waals surface area contributed by atoms with Gasteiger partial charge in [0.15, 0.2) is 40.4 Å². The molecule has 4 aromatic rings. The fourth-order valence-electron chi connectivity index (χ4n) is 4.24. The van der Waals surface area contributed by atoms with E-state index < -0.39 is 44.9 Å². The molecular formula is C30H12F3N5O2. The van der Waals surface area contributed by atoms with Gasteiger partial charge in [-0.1, -0.05) is 36.4 Å². The summed E-state index contributed by atoms with van der Waals surface area (Å²) in [6.45, 7) is 7.25. The molecule has 0 aliphatic carbocycles. The van der Waals surface area contributed by atoms with Crippen LogP contribution in [0.5, 0.6) is 23.0 Å². The van der Waals surface area contributed by atoms with Crippen LogP contribution in [0.25, 0.3) is 16.1 Å². The van der Waals surface area contributed by atoms with Crippen molar-refractivity contribution in [2.45, 2.75) is 0 Å². The molecule has 1 heterocycles. The van der Waals surface area contributed by atoms with Gasteiger partial charge in [0.2, 0.25) is 0 Å². The van der Waals surface area contributed by atoms with E-state index in [2.05, 4.69) is 4.85 Å². The summed E-state index contributed by atoms with van der Waals surface area (Å²) in [4.78, 5) is 4.64. The van der Waals surface area contributed by atoms with Crippen molar-refractivity contribution in [2.75, 3.05) is 4.90 Å². The zero-order valence-corrected chi connectivity index (χ0v) is 20.1. The van der Waals surface area contributed by atoms with Crippen LogP contribution in [0.4, 0.5) is 30.2 Å². The van der Waals surface area contributed by atoms with Gasteiger partial charge in [-0.25, -0.2) is 23.3 Å². The minimum Gasteiger partial charge on any atom is -0.453 e. The number of hydrogen-bond acceptors (Lipinski definition) is 6. The van der Waals surface area contributed by atoms with E-state index in [0.29, 0.717) is 28.6 Å². The molecule has 1 aliphatic heterocycles. The molecule has 0 aromatic heterocycles. The molecule has 0 unspecified atom stereocenters. The fourth-order valence-corrected chi connectivity index (χ4v) is 4.24. The minimum absolute atomic E-state index is 0.0798. The van der Waals surface area contributed by atoms with Gasteiger partial charge < -0.3 is 9.47 Å². The van der Waals surface area contributed by atoms with Gasteiger partial charge in [0.1, 0.15) is 17.7 Å². The van der Waals surface area contributed by atoms with Gasteiger partial charge in [-0.05, 0) is 36.4 Å². The lowest BCUT2D eigenvalue weighted by molar-refractivity contribution is 0.409. The fraction of sp³-hybridized carbons (Fsp3) is 0. The van der Waals surface area contributed by atoms with Crippen molar-refractivity contribution >= 4 is 28.3 Å². The molecule has 4 aromatic carbocycles. The molecule has 10 heteroatoms. The molecule has 1 aliphatic rings. The van der Waals surface area contributed by atoms with Crippen LogP contribution in [-0.4, -0.2) is 0 Å². The highest BCUT2D eigenvalue weighted by Crippen LogP contribution is 2.52. The largest absolute Gasteiger partial charge is 0.453 e. The van der Waals surface area contributed by atoms with E-state index in [9.17, 15) is 20.2 Å². The molecule has 0 spiro atoms. The molecule has 5 rings (SSSR count). The number of hydrogen-bond donors (Lipinski definition) is 0. The Morgan fingerprint density at radius 2 is 1.25 bits per heavy atom. The topological polar surface area (TPSA) is 97.4 Å². The molecule has 0 atom stereocenters. The van der Waals surface area contributed by atoms with Gasteiger partial charge in [0, 0.05) is 0 Å². The number of para-hydroxylation sites is 6. The number of anilines is 3. The predicted molar refractivity (Wildman–Crippen MR) is 137 cm³/mol. The second-order valence-electron chi connectivity index (χ2n) is 8.13. The Labute approximate surface area is 225 Å². The molecule has 0 radical (unpaired) electrons. The van der Waals surface area contributed by atoms with Gasteiger partial charge in [0.25, 0.3) is 5.70 Å². The smallest absolute Gasteiger partial charge is 0.275 e. The Bertz CT molecular complexity index is 1940. The first-order valence-electron chi connectivity index (χ1n) is 11.4. The van der Waals surface area contributed by atoms with E-state index in [1.807, 2.05) is 0 Å². The van der Waals surface area contributed by atoms with Crippen LogP contribution in [0.15, 0.2) is 72.8 Å². The first-order chi connectivity index (χ1) is 19.4. The number of ether oxygens (including phenoxy) is 2. The number of rotatable bonds is 3. The maximum absolute atomic E-state index is 15.9. The average molecular weight is 531 g/mol. The van der Waals surface area contributed by atoms with Crippen molar-refractivity contribution < 1.29 is 22.6 Å². The number of nitrogens with zero attached hydrogens (tertiary/aromatic N) is 5. The van der Waals surface area contributed by atoms with E-state index in [-0.39, 0.29) is 5.75 Å². The van der Waals surface area contributed by atoms with Gasteiger partial charge in [-0.3, -0.25) is 4.90 Å². The van der Waals surface area contributed by atoms with Gasteiger partial charge in [-0.2, -0.15) is 10.5 Å². The van der Waals surface area contributed by atoms with Crippen molar-refractivity contribution in [1.82, 2.24) is 0 Å². The summed E-state index contributed by atoms with van der Waals surface area (Å²) in [6.07, 6.45) is 0. The third-order valence-corrected chi connectivity index (χ3v) is 5.96. The van der Waals surface area contributed by atoms with Crippen LogP contribution in [0.1, 0.15) is 0 Å². The quantitative estimate of drug-likeness (QED) is 0.203. The number of benzene rings is 4. The summed E-state index contributed by atoms with van der Waals surface area (Å²) in [5.41, 5.74) is -0.575. The summed E-state index contributed by atoms with van der Waals surface area (Å²) in [5.74, 6) is -5.47. The highest BCUT2D eigenvalue weighted by atomic mass is 19.2. The predicted octanol–water partition coefficient (Wildman–Crippen LogP) is 6.22.